The van der Waals surface area contributed by atoms with Crippen LogP contribution in [0.25, 0.3) is 0 Å². The van der Waals surface area contributed by atoms with E-state index in [1.807, 2.05) is 0 Å². The lowest BCUT2D eigenvalue weighted by Gasteiger charge is -2.09. The second-order valence-corrected chi connectivity index (χ2v) is 4.40. The van der Waals surface area contributed by atoms with Gasteiger partial charge in [-0.15, -0.1) is 0 Å². The number of hydrogen-bond acceptors (Lipinski definition) is 4. The molecule has 1 aromatic rings. The van der Waals surface area contributed by atoms with E-state index in [-0.39, 0.29) is 24.8 Å². The SMILES string of the molecule is O=[N+]([O-])c1ccc(CCCCC(CO)CO)cc1. The lowest BCUT2D eigenvalue weighted by Crippen LogP contribution is -2.10. The Morgan fingerprint density at radius 2 is 1.72 bits per heavy atom. The minimum Gasteiger partial charge on any atom is -0.396 e. The Morgan fingerprint density at radius 1 is 1.11 bits per heavy atom. The predicted molar refractivity (Wildman–Crippen MR) is 68.3 cm³/mol. The highest BCUT2D eigenvalue weighted by Crippen LogP contribution is 2.15. The van der Waals surface area contributed by atoms with Crippen molar-refractivity contribution in [2.75, 3.05) is 13.2 Å². The van der Waals surface area contributed by atoms with Crippen LogP contribution in [0.5, 0.6) is 0 Å². The molecule has 0 radical (unpaired) electrons. The summed E-state index contributed by atoms with van der Waals surface area (Å²) >= 11 is 0. The van der Waals surface area contributed by atoms with Crippen molar-refractivity contribution in [1.29, 1.82) is 0 Å². The van der Waals surface area contributed by atoms with E-state index in [2.05, 4.69) is 0 Å². The maximum atomic E-state index is 10.5. The molecule has 0 unspecified atom stereocenters. The van der Waals surface area contributed by atoms with Crippen molar-refractivity contribution in [2.24, 2.45) is 5.92 Å². The molecule has 0 bridgehead atoms. The molecule has 2 N–H and O–H groups in total. The third-order valence-electron chi connectivity index (χ3n) is 2.99. The fourth-order valence-electron chi connectivity index (χ4n) is 1.79. The van der Waals surface area contributed by atoms with Gasteiger partial charge in [-0.05, 0) is 24.8 Å². The summed E-state index contributed by atoms with van der Waals surface area (Å²) in [5, 5.41) is 28.3. The molecule has 0 aromatic heterocycles. The fraction of sp³-hybridized carbons (Fsp3) is 0.538. The molecule has 18 heavy (non-hydrogen) atoms. The van der Waals surface area contributed by atoms with Crippen LogP contribution in [0.2, 0.25) is 0 Å². The standard InChI is InChI=1S/C13H19NO4/c15-9-12(10-16)4-2-1-3-11-5-7-13(8-6-11)14(17)18/h5-8,12,15-16H,1-4,9-10H2. The van der Waals surface area contributed by atoms with E-state index in [4.69, 9.17) is 10.2 Å². The van der Waals surface area contributed by atoms with Crippen LogP contribution in [0, 0.1) is 16.0 Å². The van der Waals surface area contributed by atoms with Gasteiger partial charge in [0.1, 0.15) is 0 Å². The summed E-state index contributed by atoms with van der Waals surface area (Å²) in [5.41, 5.74) is 1.18. The van der Waals surface area contributed by atoms with Crippen LogP contribution >= 0.6 is 0 Å². The maximum absolute atomic E-state index is 10.5. The number of nitrogens with zero attached hydrogens (tertiary/aromatic N) is 1. The highest BCUT2D eigenvalue weighted by Gasteiger charge is 2.06. The molecule has 1 aromatic carbocycles. The average molecular weight is 253 g/mol. The monoisotopic (exact) mass is 253 g/mol. The van der Waals surface area contributed by atoms with Crippen molar-refractivity contribution in [3.05, 3.63) is 39.9 Å². The minimum atomic E-state index is -0.406. The Bertz CT molecular complexity index is 360. The highest BCUT2D eigenvalue weighted by atomic mass is 16.6. The van der Waals surface area contributed by atoms with Gasteiger partial charge in [0.2, 0.25) is 0 Å². The average Bonchev–Trinajstić information content (AvgIpc) is 2.39. The Morgan fingerprint density at radius 3 is 2.22 bits per heavy atom. The maximum Gasteiger partial charge on any atom is 0.269 e. The van der Waals surface area contributed by atoms with Gasteiger partial charge in [-0.3, -0.25) is 10.1 Å². The Hall–Kier alpha value is -1.46. The molecule has 5 heteroatoms. The summed E-state index contributed by atoms with van der Waals surface area (Å²) in [7, 11) is 0. The molecule has 0 aliphatic carbocycles. The third-order valence-corrected chi connectivity index (χ3v) is 2.99. The van der Waals surface area contributed by atoms with Gasteiger partial charge in [0.15, 0.2) is 0 Å². The van der Waals surface area contributed by atoms with Crippen LogP contribution in [0.15, 0.2) is 24.3 Å². The zero-order valence-corrected chi connectivity index (χ0v) is 10.3. The van der Waals surface area contributed by atoms with Crippen molar-refractivity contribution >= 4 is 5.69 Å². The highest BCUT2D eigenvalue weighted by molar-refractivity contribution is 5.32. The summed E-state index contributed by atoms with van der Waals surface area (Å²) in [5.74, 6) is -0.0261. The molecule has 5 nitrogen and oxygen atoms in total. The lowest BCUT2D eigenvalue weighted by atomic mass is 10.0. The zero-order valence-electron chi connectivity index (χ0n) is 10.3. The van der Waals surface area contributed by atoms with Gasteiger partial charge in [0.05, 0.1) is 4.92 Å². The van der Waals surface area contributed by atoms with Crippen LogP contribution in [-0.4, -0.2) is 28.4 Å². The van der Waals surface area contributed by atoms with Crippen LogP contribution < -0.4 is 0 Å². The van der Waals surface area contributed by atoms with Crippen LogP contribution in [0.3, 0.4) is 0 Å². The number of nitro benzene ring substituents is 1. The molecule has 0 saturated heterocycles. The molecular weight excluding hydrogens is 234 g/mol. The van der Waals surface area contributed by atoms with E-state index in [0.717, 1.165) is 31.2 Å². The summed E-state index contributed by atoms with van der Waals surface area (Å²) in [6.45, 7) is 0.0437. The van der Waals surface area contributed by atoms with Gasteiger partial charge in [-0.25, -0.2) is 0 Å². The number of unbranched alkanes of at least 4 members (excludes halogenated alkanes) is 1. The van der Waals surface area contributed by atoms with Gasteiger partial charge < -0.3 is 10.2 Å². The Kier molecular flexibility index (Phi) is 6.32. The van der Waals surface area contributed by atoms with Crippen LogP contribution in [-0.2, 0) is 6.42 Å². The molecule has 0 heterocycles. The normalized spacial score (nSPS) is 10.8. The quantitative estimate of drug-likeness (QED) is 0.421. The second kappa shape index (κ2) is 7.79. The molecule has 1 rings (SSSR count). The van der Waals surface area contributed by atoms with Crippen LogP contribution in [0.4, 0.5) is 5.69 Å². The molecule has 100 valence electrons. The van der Waals surface area contributed by atoms with Gasteiger partial charge >= 0.3 is 0 Å². The third kappa shape index (κ3) is 4.81. The predicted octanol–water partition coefficient (Wildman–Crippen LogP) is 1.91. The van der Waals surface area contributed by atoms with Crippen molar-refractivity contribution < 1.29 is 15.1 Å². The van der Waals surface area contributed by atoms with Crippen molar-refractivity contribution in [3.63, 3.8) is 0 Å². The van der Waals surface area contributed by atoms with E-state index >= 15 is 0 Å². The summed E-state index contributed by atoms with van der Waals surface area (Å²) < 4.78 is 0. The lowest BCUT2D eigenvalue weighted by molar-refractivity contribution is -0.384. The fourth-order valence-corrected chi connectivity index (χ4v) is 1.79. The van der Waals surface area contributed by atoms with E-state index in [1.165, 1.54) is 12.1 Å². The van der Waals surface area contributed by atoms with Crippen molar-refractivity contribution in [2.45, 2.75) is 25.7 Å². The largest absolute Gasteiger partial charge is 0.396 e. The second-order valence-electron chi connectivity index (χ2n) is 4.40. The molecule has 0 fully saturated rings. The van der Waals surface area contributed by atoms with Crippen molar-refractivity contribution in [1.82, 2.24) is 0 Å². The van der Waals surface area contributed by atoms with Gasteiger partial charge in [0.25, 0.3) is 5.69 Å². The van der Waals surface area contributed by atoms with Gasteiger partial charge in [-0.2, -0.15) is 0 Å². The molecule has 0 amide bonds. The molecule has 0 atom stereocenters. The topological polar surface area (TPSA) is 83.6 Å². The summed E-state index contributed by atoms with van der Waals surface area (Å²) in [6.07, 6.45) is 3.55. The number of aliphatic hydroxyl groups excluding tert-OH is 2. The van der Waals surface area contributed by atoms with E-state index in [0.29, 0.717) is 0 Å². The van der Waals surface area contributed by atoms with E-state index < -0.39 is 4.92 Å². The first kappa shape index (κ1) is 14.6. The number of nitro groups is 1. The molecule has 0 spiro atoms. The Labute approximate surface area is 106 Å². The summed E-state index contributed by atoms with van der Waals surface area (Å²) in [4.78, 5) is 10.1. The number of hydrogen-bond donors (Lipinski definition) is 2. The number of benzene rings is 1. The number of aryl methyl sites for hydroxylation is 1. The first-order valence-electron chi connectivity index (χ1n) is 6.12. The smallest absolute Gasteiger partial charge is 0.269 e. The number of non-ortho nitro benzene ring substituents is 1. The Balaban J connectivity index is 2.29. The molecule has 0 aliphatic heterocycles. The van der Waals surface area contributed by atoms with Gasteiger partial charge in [0, 0.05) is 31.3 Å². The zero-order chi connectivity index (χ0) is 13.4. The summed E-state index contributed by atoms with van der Waals surface area (Å²) in [6, 6.07) is 6.57. The van der Waals surface area contributed by atoms with Crippen LogP contribution in [0.1, 0.15) is 24.8 Å². The van der Waals surface area contributed by atoms with Gasteiger partial charge in [-0.1, -0.05) is 18.6 Å². The molecular formula is C13H19NO4. The van der Waals surface area contributed by atoms with E-state index in [1.54, 1.807) is 12.1 Å². The number of rotatable bonds is 8. The number of aliphatic hydroxyl groups is 2. The van der Waals surface area contributed by atoms with Crippen molar-refractivity contribution in [3.8, 4) is 0 Å². The van der Waals surface area contributed by atoms with E-state index in [9.17, 15) is 10.1 Å². The minimum absolute atomic E-state index is 0.0219. The first-order valence-corrected chi connectivity index (χ1v) is 6.12. The molecule has 0 saturated carbocycles. The first-order chi connectivity index (χ1) is 8.67. The molecule has 0 aliphatic rings.